The number of hydrogen-bond acceptors (Lipinski definition) is 2. The second-order valence-corrected chi connectivity index (χ2v) is 4.18. The maximum atomic E-state index is 12.6. The number of fused-ring (bicyclic) bond motifs is 1. The van der Waals surface area contributed by atoms with E-state index in [1.165, 1.54) is 6.08 Å². The fraction of sp³-hybridized carbons (Fsp3) is 0.214. The van der Waals surface area contributed by atoms with E-state index in [2.05, 4.69) is 15.3 Å². The summed E-state index contributed by atoms with van der Waals surface area (Å²) in [6.45, 7) is 1.63. The Morgan fingerprint density at radius 1 is 1.45 bits per heavy atom. The van der Waals surface area contributed by atoms with Crippen molar-refractivity contribution >= 4 is 16.7 Å². The molecule has 0 bridgehead atoms. The number of rotatable bonds is 4. The molecule has 2 rings (SSSR count). The second-order valence-electron chi connectivity index (χ2n) is 4.18. The van der Waals surface area contributed by atoms with Crippen LogP contribution >= 0.6 is 0 Å². The molecule has 106 valence electrons. The fourth-order valence-corrected chi connectivity index (χ4v) is 1.77. The number of aromatic amines is 1. The Bertz CT molecular complexity index is 638. The molecule has 6 heteroatoms. The zero-order valence-electron chi connectivity index (χ0n) is 10.8. The Morgan fingerprint density at radius 3 is 2.95 bits per heavy atom. The van der Waals surface area contributed by atoms with Gasteiger partial charge in [-0.25, -0.2) is 4.98 Å². The number of hydrogen-bond donors (Lipinski definition) is 2. The van der Waals surface area contributed by atoms with E-state index >= 15 is 0 Å². The molecule has 0 atom stereocenters. The Hall–Kier alpha value is -2.24. The zero-order valence-corrected chi connectivity index (χ0v) is 10.8. The molecule has 0 unspecified atom stereocenters. The van der Waals surface area contributed by atoms with Crippen molar-refractivity contribution in [3.8, 4) is 0 Å². The van der Waals surface area contributed by atoms with Gasteiger partial charge in [0.05, 0.1) is 17.5 Å². The SMILES string of the molecule is C/C=C\C(=C/CNc1cnc2[nH]ccc2c1)C(F)(F)F. The van der Waals surface area contributed by atoms with E-state index in [9.17, 15) is 13.2 Å². The molecule has 2 heterocycles. The van der Waals surface area contributed by atoms with Crippen LogP contribution in [0, 0.1) is 0 Å². The Kier molecular flexibility index (Phi) is 4.12. The molecule has 0 radical (unpaired) electrons. The molecule has 20 heavy (non-hydrogen) atoms. The summed E-state index contributed by atoms with van der Waals surface area (Å²) >= 11 is 0. The molecular weight excluding hydrogens is 267 g/mol. The molecule has 0 aliphatic rings. The molecule has 2 aromatic heterocycles. The number of alkyl halides is 3. The minimum absolute atomic E-state index is 0.0802. The van der Waals surface area contributed by atoms with E-state index in [0.717, 1.165) is 23.2 Å². The summed E-state index contributed by atoms with van der Waals surface area (Å²) in [5, 5.41) is 3.81. The van der Waals surface area contributed by atoms with Crippen molar-refractivity contribution in [2.24, 2.45) is 0 Å². The van der Waals surface area contributed by atoms with E-state index in [0.29, 0.717) is 5.69 Å². The van der Waals surface area contributed by atoms with Gasteiger partial charge in [-0.05, 0) is 19.1 Å². The number of aromatic nitrogens is 2. The van der Waals surface area contributed by atoms with Crippen LogP contribution in [0.5, 0.6) is 0 Å². The van der Waals surface area contributed by atoms with Gasteiger partial charge < -0.3 is 10.3 Å². The second kappa shape index (κ2) is 5.81. The molecular formula is C14H14F3N3. The lowest BCUT2D eigenvalue weighted by atomic mass is 10.2. The predicted molar refractivity (Wildman–Crippen MR) is 73.5 cm³/mol. The molecule has 3 nitrogen and oxygen atoms in total. The lowest BCUT2D eigenvalue weighted by molar-refractivity contribution is -0.0883. The highest BCUT2D eigenvalue weighted by Crippen LogP contribution is 2.26. The van der Waals surface area contributed by atoms with Crippen LogP contribution in [-0.4, -0.2) is 22.7 Å². The average molecular weight is 281 g/mol. The number of pyridine rings is 1. The van der Waals surface area contributed by atoms with Crippen molar-refractivity contribution in [3.63, 3.8) is 0 Å². The Balaban J connectivity index is 2.07. The van der Waals surface area contributed by atoms with Crippen LogP contribution in [0.4, 0.5) is 18.9 Å². The van der Waals surface area contributed by atoms with Crippen LogP contribution in [0.25, 0.3) is 11.0 Å². The number of allylic oxidation sites excluding steroid dienone is 3. The third-order valence-electron chi connectivity index (χ3n) is 2.70. The Morgan fingerprint density at radius 2 is 2.25 bits per heavy atom. The molecule has 0 aromatic carbocycles. The summed E-state index contributed by atoms with van der Waals surface area (Å²) < 4.78 is 37.9. The molecule has 0 aliphatic heterocycles. The molecule has 0 aliphatic carbocycles. The molecule has 0 saturated carbocycles. The van der Waals surface area contributed by atoms with Gasteiger partial charge in [-0.1, -0.05) is 18.2 Å². The minimum atomic E-state index is -4.34. The summed E-state index contributed by atoms with van der Waals surface area (Å²) in [5.41, 5.74) is 0.759. The van der Waals surface area contributed by atoms with E-state index < -0.39 is 11.7 Å². The first-order valence-corrected chi connectivity index (χ1v) is 6.08. The van der Waals surface area contributed by atoms with E-state index in [1.807, 2.05) is 12.1 Å². The summed E-state index contributed by atoms with van der Waals surface area (Å²) in [6, 6.07) is 3.68. The lowest BCUT2D eigenvalue weighted by Gasteiger charge is -2.08. The monoisotopic (exact) mass is 281 g/mol. The van der Waals surface area contributed by atoms with Crippen molar-refractivity contribution in [3.05, 3.63) is 48.3 Å². The van der Waals surface area contributed by atoms with Gasteiger partial charge in [0.2, 0.25) is 0 Å². The van der Waals surface area contributed by atoms with Gasteiger partial charge in [-0.15, -0.1) is 0 Å². The first kappa shape index (κ1) is 14.2. The van der Waals surface area contributed by atoms with E-state index in [1.54, 1.807) is 19.3 Å². The van der Waals surface area contributed by atoms with Gasteiger partial charge in [-0.3, -0.25) is 0 Å². The van der Waals surface area contributed by atoms with Gasteiger partial charge in [0.15, 0.2) is 0 Å². The van der Waals surface area contributed by atoms with Crippen molar-refractivity contribution in [2.45, 2.75) is 13.1 Å². The summed E-state index contributed by atoms with van der Waals surface area (Å²) in [7, 11) is 0. The predicted octanol–water partition coefficient (Wildman–Crippen LogP) is 4.04. The third-order valence-corrected chi connectivity index (χ3v) is 2.70. The number of anilines is 1. The number of nitrogens with one attached hydrogen (secondary N) is 2. The summed E-state index contributed by atoms with van der Waals surface area (Å²) in [4.78, 5) is 7.10. The maximum Gasteiger partial charge on any atom is 0.416 e. The average Bonchev–Trinajstić information content (AvgIpc) is 2.84. The smallest absolute Gasteiger partial charge is 0.380 e. The van der Waals surface area contributed by atoms with Crippen LogP contribution < -0.4 is 5.32 Å². The number of halogens is 3. The molecule has 2 N–H and O–H groups in total. The van der Waals surface area contributed by atoms with Crippen molar-refractivity contribution in [1.29, 1.82) is 0 Å². The highest BCUT2D eigenvalue weighted by molar-refractivity contribution is 5.78. The minimum Gasteiger partial charge on any atom is -0.380 e. The Labute approximate surface area is 114 Å². The van der Waals surface area contributed by atoms with Crippen molar-refractivity contribution in [1.82, 2.24) is 9.97 Å². The first-order chi connectivity index (χ1) is 9.50. The molecule has 0 amide bonds. The van der Waals surface area contributed by atoms with Crippen LogP contribution in [0.2, 0.25) is 0 Å². The number of H-pyrrole nitrogens is 1. The maximum absolute atomic E-state index is 12.6. The highest BCUT2D eigenvalue weighted by Gasteiger charge is 2.31. The number of nitrogens with zero attached hydrogens (tertiary/aromatic N) is 1. The summed E-state index contributed by atoms with van der Waals surface area (Å²) in [5.74, 6) is 0. The largest absolute Gasteiger partial charge is 0.416 e. The van der Waals surface area contributed by atoms with Gasteiger partial charge >= 0.3 is 6.18 Å². The van der Waals surface area contributed by atoms with Gasteiger partial charge in [0.25, 0.3) is 0 Å². The molecule has 0 fully saturated rings. The van der Waals surface area contributed by atoms with Crippen LogP contribution in [0.3, 0.4) is 0 Å². The zero-order chi connectivity index (χ0) is 14.6. The van der Waals surface area contributed by atoms with Gasteiger partial charge in [0, 0.05) is 18.1 Å². The van der Waals surface area contributed by atoms with Crippen LogP contribution in [0.1, 0.15) is 6.92 Å². The quantitative estimate of drug-likeness (QED) is 0.830. The topological polar surface area (TPSA) is 40.7 Å². The normalized spacial score (nSPS) is 13.3. The van der Waals surface area contributed by atoms with Crippen molar-refractivity contribution in [2.75, 3.05) is 11.9 Å². The highest BCUT2D eigenvalue weighted by atomic mass is 19.4. The molecule has 2 aromatic rings. The lowest BCUT2D eigenvalue weighted by Crippen LogP contribution is -2.12. The first-order valence-electron chi connectivity index (χ1n) is 6.08. The standard InChI is InChI=1S/C14H14F3N3/c1-2-3-11(14(15,16)17)5-7-18-12-8-10-4-6-19-13(10)20-9-12/h2-6,8-9,18H,7H2,1H3,(H,19,20)/b3-2-,11-5+. The summed E-state index contributed by atoms with van der Waals surface area (Å²) in [6.07, 6.45) is 2.53. The van der Waals surface area contributed by atoms with Crippen molar-refractivity contribution < 1.29 is 13.2 Å². The van der Waals surface area contributed by atoms with Crippen LogP contribution in [-0.2, 0) is 0 Å². The van der Waals surface area contributed by atoms with E-state index in [4.69, 9.17) is 0 Å². The fourth-order valence-electron chi connectivity index (χ4n) is 1.77. The molecule has 0 spiro atoms. The van der Waals surface area contributed by atoms with Crippen LogP contribution in [0.15, 0.2) is 48.3 Å². The molecule has 0 saturated heterocycles. The third kappa shape index (κ3) is 3.40. The van der Waals surface area contributed by atoms with E-state index in [-0.39, 0.29) is 6.54 Å². The van der Waals surface area contributed by atoms with Gasteiger partial charge in [-0.2, -0.15) is 13.2 Å². The van der Waals surface area contributed by atoms with Gasteiger partial charge in [0.1, 0.15) is 5.65 Å².